The molecule has 2 heteroatoms. The van der Waals surface area contributed by atoms with E-state index in [4.69, 9.17) is 0 Å². The van der Waals surface area contributed by atoms with E-state index in [-0.39, 0.29) is 18.1 Å². The number of carbonyl (C=O) groups excluding carboxylic acids is 1. The summed E-state index contributed by atoms with van der Waals surface area (Å²) < 4.78 is 0. The van der Waals surface area contributed by atoms with Crippen molar-refractivity contribution in [3.05, 3.63) is 35.4 Å². The highest BCUT2D eigenvalue weighted by Gasteiger charge is 2.20. The molecule has 0 saturated heterocycles. The molecule has 0 aliphatic rings. The van der Waals surface area contributed by atoms with Crippen LogP contribution in [0.25, 0.3) is 0 Å². The van der Waals surface area contributed by atoms with Crippen molar-refractivity contribution in [2.24, 2.45) is 0 Å². The van der Waals surface area contributed by atoms with E-state index in [0.29, 0.717) is 6.42 Å². The molecule has 0 spiro atoms. The quantitative estimate of drug-likeness (QED) is 0.849. The lowest BCUT2D eigenvalue weighted by molar-refractivity contribution is -0.123. The summed E-state index contributed by atoms with van der Waals surface area (Å²) in [5.74, 6) is 0.330. The number of rotatable bonds is 5. The second-order valence-electron chi connectivity index (χ2n) is 5.54. The normalized spacial score (nSPS) is 13.5. The smallest absolute Gasteiger partial charge is 0.136 e. The van der Waals surface area contributed by atoms with Crippen LogP contribution in [0.2, 0.25) is 0 Å². The molecular weight excluding hydrogens is 212 g/mol. The average molecular weight is 234 g/mol. The van der Waals surface area contributed by atoms with Gasteiger partial charge in [-0.1, -0.05) is 36.8 Å². The molecule has 0 bridgehead atoms. The summed E-state index contributed by atoms with van der Waals surface area (Å²) >= 11 is 0. The molecule has 0 heterocycles. The van der Waals surface area contributed by atoms with Gasteiger partial charge < -0.3 is 5.11 Å². The maximum absolute atomic E-state index is 11.7. The predicted octanol–water partition coefficient (Wildman–Crippen LogP) is 3.22. The molecule has 0 amide bonds. The van der Waals surface area contributed by atoms with Crippen molar-refractivity contribution in [1.29, 1.82) is 0 Å². The lowest BCUT2D eigenvalue weighted by Gasteiger charge is -2.17. The maximum atomic E-state index is 11.7. The van der Waals surface area contributed by atoms with E-state index in [0.717, 1.165) is 0 Å². The van der Waals surface area contributed by atoms with Gasteiger partial charge in [0.05, 0.1) is 5.60 Å². The number of hydrogen-bond acceptors (Lipinski definition) is 2. The predicted molar refractivity (Wildman–Crippen MR) is 70.1 cm³/mol. The number of ketones is 1. The molecule has 1 N–H and O–H groups in total. The van der Waals surface area contributed by atoms with Gasteiger partial charge in [-0.3, -0.25) is 4.79 Å². The molecule has 1 aromatic carbocycles. The first-order valence-electron chi connectivity index (χ1n) is 6.08. The third-order valence-corrected chi connectivity index (χ3v) is 2.81. The van der Waals surface area contributed by atoms with Crippen LogP contribution in [-0.4, -0.2) is 16.5 Å². The van der Waals surface area contributed by atoms with Crippen LogP contribution in [0.4, 0.5) is 0 Å². The van der Waals surface area contributed by atoms with Crippen LogP contribution in [0.1, 0.15) is 50.7 Å². The fourth-order valence-corrected chi connectivity index (χ4v) is 1.91. The van der Waals surface area contributed by atoms with Crippen LogP contribution >= 0.6 is 0 Å². The van der Waals surface area contributed by atoms with Gasteiger partial charge in [0.1, 0.15) is 5.78 Å². The largest absolute Gasteiger partial charge is 0.390 e. The van der Waals surface area contributed by atoms with Crippen LogP contribution in [-0.2, 0) is 4.79 Å². The molecule has 94 valence electrons. The summed E-state index contributed by atoms with van der Waals surface area (Å²) in [5, 5.41) is 9.59. The molecule has 1 atom stereocenters. The Morgan fingerprint density at radius 2 is 1.82 bits per heavy atom. The highest BCUT2D eigenvalue weighted by atomic mass is 16.3. The zero-order valence-corrected chi connectivity index (χ0v) is 11.2. The topological polar surface area (TPSA) is 37.3 Å². The Labute approximate surface area is 104 Å². The van der Waals surface area contributed by atoms with Gasteiger partial charge in [-0.2, -0.15) is 0 Å². The second kappa shape index (κ2) is 5.46. The summed E-state index contributed by atoms with van der Waals surface area (Å²) in [6.45, 7) is 7.43. The van der Waals surface area contributed by atoms with Gasteiger partial charge in [-0.15, -0.1) is 0 Å². The van der Waals surface area contributed by atoms with E-state index < -0.39 is 5.60 Å². The van der Waals surface area contributed by atoms with Crippen molar-refractivity contribution in [2.45, 2.75) is 52.1 Å². The highest BCUT2D eigenvalue weighted by Crippen LogP contribution is 2.22. The summed E-state index contributed by atoms with van der Waals surface area (Å²) in [6.07, 6.45) is 0.719. The van der Waals surface area contributed by atoms with Crippen molar-refractivity contribution >= 4 is 5.78 Å². The second-order valence-corrected chi connectivity index (χ2v) is 5.54. The van der Waals surface area contributed by atoms with Gasteiger partial charge in [0.15, 0.2) is 0 Å². The minimum atomic E-state index is -0.899. The molecule has 0 unspecified atom stereocenters. The fourth-order valence-electron chi connectivity index (χ4n) is 1.91. The van der Waals surface area contributed by atoms with Gasteiger partial charge in [-0.25, -0.2) is 0 Å². The number of Topliss-reactive ketones (excluding diaryl/α,β-unsaturated/α-hetero) is 1. The Morgan fingerprint density at radius 1 is 1.29 bits per heavy atom. The van der Waals surface area contributed by atoms with E-state index in [9.17, 15) is 9.90 Å². The Kier molecular flexibility index (Phi) is 4.47. The van der Waals surface area contributed by atoms with Crippen molar-refractivity contribution in [1.82, 2.24) is 0 Å². The van der Waals surface area contributed by atoms with Crippen LogP contribution < -0.4 is 0 Å². The van der Waals surface area contributed by atoms with Crippen molar-refractivity contribution in [2.75, 3.05) is 0 Å². The molecule has 17 heavy (non-hydrogen) atoms. The first-order valence-corrected chi connectivity index (χ1v) is 6.08. The third kappa shape index (κ3) is 5.14. The average Bonchev–Trinajstić information content (AvgIpc) is 2.15. The molecule has 2 nitrogen and oxygen atoms in total. The molecular formula is C15H22O2. The van der Waals surface area contributed by atoms with Crippen LogP contribution in [0.5, 0.6) is 0 Å². The third-order valence-electron chi connectivity index (χ3n) is 2.81. The van der Waals surface area contributed by atoms with Gasteiger partial charge in [0.2, 0.25) is 0 Å². The molecule has 0 aliphatic carbocycles. The van der Waals surface area contributed by atoms with Crippen LogP contribution in [0, 0.1) is 6.92 Å². The Balaban J connectivity index is 2.57. The van der Waals surface area contributed by atoms with E-state index in [1.807, 2.05) is 13.8 Å². The number of benzene rings is 1. The SMILES string of the molecule is Cc1ccc([C@@H](C)CC(=O)CC(C)(C)O)cc1. The van der Waals surface area contributed by atoms with Gasteiger partial charge in [0, 0.05) is 12.8 Å². The highest BCUT2D eigenvalue weighted by molar-refractivity contribution is 5.80. The first kappa shape index (κ1) is 13.9. The number of carbonyl (C=O) groups is 1. The monoisotopic (exact) mass is 234 g/mol. The first-order chi connectivity index (χ1) is 7.78. The Morgan fingerprint density at radius 3 is 2.29 bits per heavy atom. The van der Waals surface area contributed by atoms with Crippen molar-refractivity contribution in [3.63, 3.8) is 0 Å². The molecule has 1 aromatic rings. The lowest BCUT2D eigenvalue weighted by Crippen LogP contribution is -2.23. The summed E-state index contributed by atoms with van der Waals surface area (Å²) in [5.41, 5.74) is 1.51. The van der Waals surface area contributed by atoms with E-state index in [1.54, 1.807) is 13.8 Å². The fraction of sp³-hybridized carbons (Fsp3) is 0.533. The molecule has 0 saturated carbocycles. The number of aryl methyl sites for hydroxylation is 1. The van der Waals surface area contributed by atoms with Crippen LogP contribution in [0.3, 0.4) is 0 Å². The standard InChI is InChI=1S/C15H22O2/c1-11-5-7-13(8-6-11)12(2)9-14(16)10-15(3,4)17/h5-8,12,17H,9-10H2,1-4H3/t12-/m0/s1. The molecule has 0 aromatic heterocycles. The Hall–Kier alpha value is -1.15. The zero-order valence-electron chi connectivity index (χ0n) is 11.2. The molecule has 1 rings (SSSR count). The maximum Gasteiger partial charge on any atom is 0.136 e. The summed E-state index contributed by atoms with van der Waals surface area (Å²) in [7, 11) is 0. The molecule has 0 fully saturated rings. The van der Waals surface area contributed by atoms with Gasteiger partial charge in [0.25, 0.3) is 0 Å². The minimum Gasteiger partial charge on any atom is -0.390 e. The number of hydrogen-bond donors (Lipinski definition) is 1. The summed E-state index contributed by atoms with van der Waals surface area (Å²) in [4.78, 5) is 11.7. The Bertz CT molecular complexity index is 371. The van der Waals surface area contributed by atoms with E-state index in [1.165, 1.54) is 11.1 Å². The molecule has 0 radical (unpaired) electrons. The van der Waals surface area contributed by atoms with E-state index >= 15 is 0 Å². The van der Waals surface area contributed by atoms with Crippen molar-refractivity contribution in [3.8, 4) is 0 Å². The van der Waals surface area contributed by atoms with Crippen LogP contribution in [0.15, 0.2) is 24.3 Å². The van der Waals surface area contributed by atoms with Gasteiger partial charge >= 0.3 is 0 Å². The van der Waals surface area contributed by atoms with E-state index in [2.05, 4.69) is 24.3 Å². The lowest BCUT2D eigenvalue weighted by atomic mass is 9.91. The number of aliphatic hydroxyl groups is 1. The zero-order chi connectivity index (χ0) is 13.1. The van der Waals surface area contributed by atoms with Crippen molar-refractivity contribution < 1.29 is 9.90 Å². The van der Waals surface area contributed by atoms with Gasteiger partial charge in [-0.05, 0) is 32.3 Å². The minimum absolute atomic E-state index is 0.116. The summed E-state index contributed by atoms with van der Waals surface area (Å²) in [6, 6.07) is 8.26. The molecule has 0 aliphatic heterocycles.